The first-order valence-electron chi connectivity index (χ1n) is 4.30. The molecule has 1 rings (SSSR count). The van der Waals surface area contributed by atoms with Gasteiger partial charge in [-0.05, 0) is 33.2 Å². The summed E-state index contributed by atoms with van der Waals surface area (Å²) in [6, 6.07) is 4.50. The summed E-state index contributed by atoms with van der Waals surface area (Å²) in [7, 11) is 4.09. The fourth-order valence-corrected chi connectivity index (χ4v) is 2.16. The summed E-state index contributed by atoms with van der Waals surface area (Å²) in [6.45, 7) is 3.04. The fourth-order valence-electron chi connectivity index (χ4n) is 1.23. The number of hydrazine groups is 1. The molecule has 0 aliphatic rings. The summed E-state index contributed by atoms with van der Waals surface area (Å²) in [4.78, 5) is 4.75. The van der Waals surface area contributed by atoms with Crippen molar-refractivity contribution < 1.29 is 0 Å². The Morgan fingerprint density at radius 2 is 2.23 bits per heavy atom. The number of hydrogen-bond donors (Lipinski definition) is 2. The first kappa shape index (κ1) is 10.7. The minimum atomic E-state index is 0.244. The molecule has 3 N–H and O–H groups in total. The van der Waals surface area contributed by atoms with Crippen LogP contribution in [0.2, 0.25) is 0 Å². The Morgan fingerprint density at radius 3 is 2.62 bits per heavy atom. The van der Waals surface area contributed by atoms with E-state index >= 15 is 0 Å². The van der Waals surface area contributed by atoms with E-state index in [1.54, 1.807) is 11.3 Å². The monoisotopic (exact) mass is 199 g/mol. The van der Waals surface area contributed by atoms with Gasteiger partial charge in [-0.2, -0.15) is 0 Å². The van der Waals surface area contributed by atoms with Crippen LogP contribution >= 0.6 is 11.3 Å². The molecule has 0 saturated carbocycles. The smallest absolute Gasteiger partial charge is 0.0679 e. The quantitative estimate of drug-likeness (QED) is 0.564. The molecule has 0 bridgehead atoms. The normalized spacial score (nSPS) is 13.6. The highest BCUT2D eigenvalue weighted by atomic mass is 32.1. The van der Waals surface area contributed by atoms with E-state index in [4.69, 9.17) is 5.84 Å². The lowest BCUT2D eigenvalue weighted by molar-refractivity contribution is 0.347. The van der Waals surface area contributed by atoms with Gasteiger partial charge < -0.3 is 4.90 Å². The molecule has 0 fully saturated rings. The molecule has 0 aromatic carbocycles. The van der Waals surface area contributed by atoms with Crippen LogP contribution in [0, 0.1) is 6.92 Å². The van der Waals surface area contributed by atoms with Gasteiger partial charge in [-0.1, -0.05) is 0 Å². The van der Waals surface area contributed by atoms with Crippen molar-refractivity contribution in [3.05, 3.63) is 21.9 Å². The van der Waals surface area contributed by atoms with Crippen molar-refractivity contribution >= 4 is 11.3 Å². The van der Waals surface area contributed by atoms with Crippen LogP contribution in [0.4, 0.5) is 0 Å². The van der Waals surface area contributed by atoms with Gasteiger partial charge >= 0.3 is 0 Å². The van der Waals surface area contributed by atoms with Gasteiger partial charge in [0.15, 0.2) is 0 Å². The van der Waals surface area contributed by atoms with Gasteiger partial charge in [-0.3, -0.25) is 11.3 Å². The Morgan fingerprint density at radius 1 is 1.54 bits per heavy atom. The Balaban J connectivity index is 2.66. The Hall–Kier alpha value is -0.420. The molecular formula is C9H17N3S. The van der Waals surface area contributed by atoms with Crippen LogP contribution in [-0.2, 0) is 0 Å². The van der Waals surface area contributed by atoms with Crippen LogP contribution in [0.5, 0.6) is 0 Å². The minimum Gasteiger partial charge on any atom is -0.307 e. The van der Waals surface area contributed by atoms with Crippen molar-refractivity contribution in [2.75, 3.05) is 20.6 Å². The molecule has 0 aliphatic heterocycles. The molecule has 74 valence electrons. The number of nitrogens with one attached hydrogen (secondary N) is 1. The second-order valence-corrected chi connectivity index (χ2v) is 4.75. The number of nitrogens with two attached hydrogens (primary N) is 1. The van der Waals surface area contributed by atoms with Gasteiger partial charge in [0, 0.05) is 16.3 Å². The largest absolute Gasteiger partial charge is 0.307 e. The van der Waals surface area contributed by atoms with E-state index in [9.17, 15) is 0 Å². The summed E-state index contributed by atoms with van der Waals surface area (Å²) < 4.78 is 0. The van der Waals surface area contributed by atoms with Crippen LogP contribution in [0.25, 0.3) is 0 Å². The second-order valence-electron chi connectivity index (χ2n) is 3.43. The minimum absolute atomic E-state index is 0.244. The lowest BCUT2D eigenvalue weighted by atomic mass is 10.2. The zero-order valence-electron chi connectivity index (χ0n) is 8.37. The summed E-state index contributed by atoms with van der Waals surface area (Å²) >= 11 is 1.79. The molecule has 1 atom stereocenters. The number of rotatable bonds is 4. The predicted molar refractivity (Wildman–Crippen MR) is 57.7 cm³/mol. The molecule has 0 aliphatic carbocycles. The zero-order valence-corrected chi connectivity index (χ0v) is 9.19. The topological polar surface area (TPSA) is 41.3 Å². The average Bonchev–Trinajstić information content (AvgIpc) is 2.47. The van der Waals surface area contributed by atoms with E-state index in [1.807, 2.05) is 14.1 Å². The van der Waals surface area contributed by atoms with E-state index < -0.39 is 0 Å². The number of thiophene rings is 1. The van der Waals surface area contributed by atoms with E-state index in [0.29, 0.717) is 0 Å². The Kier molecular flexibility index (Phi) is 3.87. The van der Waals surface area contributed by atoms with E-state index in [1.165, 1.54) is 9.75 Å². The summed E-state index contributed by atoms with van der Waals surface area (Å²) in [6.07, 6.45) is 0. The van der Waals surface area contributed by atoms with Crippen molar-refractivity contribution in [1.29, 1.82) is 0 Å². The SMILES string of the molecule is Cc1ccc(C(CN(C)C)NN)s1. The van der Waals surface area contributed by atoms with Crippen molar-refractivity contribution in [3.63, 3.8) is 0 Å². The average molecular weight is 199 g/mol. The molecule has 0 spiro atoms. The van der Waals surface area contributed by atoms with Crippen LogP contribution in [0.15, 0.2) is 12.1 Å². The third-order valence-electron chi connectivity index (χ3n) is 1.85. The van der Waals surface area contributed by atoms with Crippen LogP contribution < -0.4 is 11.3 Å². The van der Waals surface area contributed by atoms with Gasteiger partial charge in [0.2, 0.25) is 0 Å². The molecule has 13 heavy (non-hydrogen) atoms. The van der Waals surface area contributed by atoms with E-state index in [-0.39, 0.29) is 6.04 Å². The van der Waals surface area contributed by atoms with E-state index in [0.717, 1.165) is 6.54 Å². The Bertz CT molecular complexity index is 257. The third kappa shape index (κ3) is 3.08. The molecule has 0 amide bonds. The molecule has 0 saturated heterocycles. The zero-order chi connectivity index (χ0) is 9.84. The molecule has 1 aromatic rings. The maximum atomic E-state index is 5.49. The second kappa shape index (κ2) is 4.72. The maximum Gasteiger partial charge on any atom is 0.0679 e. The van der Waals surface area contributed by atoms with Crippen LogP contribution in [0.1, 0.15) is 15.8 Å². The number of hydrogen-bond acceptors (Lipinski definition) is 4. The molecule has 1 heterocycles. The first-order valence-corrected chi connectivity index (χ1v) is 5.12. The number of likely N-dealkylation sites (N-methyl/N-ethyl adjacent to an activating group) is 1. The molecule has 0 radical (unpaired) electrons. The lowest BCUT2D eigenvalue weighted by Crippen LogP contribution is -2.34. The molecule has 1 aromatic heterocycles. The van der Waals surface area contributed by atoms with Gasteiger partial charge in [0.1, 0.15) is 0 Å². The van der Waals surface area contributed by atoms with Gasteiger partial charge in [-0.25, -0.2) is 0 Å². The fraction of sp³-hybridized carbons (Fsp3) is 0.556. The summed E-state index contributed by atoms with van der Waals surface area (Å²) in [5.41, 5.74) is 2.83. The van der Waals surface area contributed by atoms with Gasteiger partial charge in [0.05, 0.1) is 6.04 Å². The first-order chi connectivity index (χ1) is 6.13. The maximum absolute atomic E-state index is 5.49. The lowest BCUT2D eigenvalue weighted by Gasteiger charge is -2.18. The molecule has 4 heteroatoms. The summed E-state index contributed by atoms with van der Waals surface area (Å²) in [5, 5.41) is 0. The molecule has 3 nitrogen and oxygen atoms in total. The number of nitrogens with zero attached hydrogens (tertiary/aromatic N) is 1. The van der Waals surface area contributed by atoms with Crippen molar-refractivity contribution in [3.8, 4) is 0 Å². The molecule has 1 unspecified atom stereocenters. The number of aryl methyl sites for hydroxylation is 1. The van der Waals surface area contributed by atoms with E-state index in [2.05, 4.69) is 29.4 Å². The predicted octanol–water partition coefficient (Wildman–Crippen LogP) is 1.12. The van der Waals surface area contributed by atoms with Gasteiger partial charge in [0.25, 0.3) is 0 Å². The summed E-state index contributed by atoms with van der Waals surface area (Å²) in [5.74, 6) is 5.49. The van der Waals surface area contributed by atoms with Crippen LogP contribution in [-0.4, -0.2) is 25.5 Å². The highest BCUT2D eigenvalue weighted by Gasteiger charge is 2.11. The van der Waals surface area contributed by atoms with Crippen molar-refractivity contribution in [2.45, 2.75) is 13.0 Å². The highest BCUT2D eigenvalue weighted by molar-refractivity contribution is 7.12. The highest BCUT2D eigenvalue weighted by Crippen LogP contribution is 2.22. The molecular weight excluding hydrogens is 182 g/mol. The van der Waals surface area contributed by atoms with Crippen molar-refractivity contribution in [2.24, 2.45) is 5.84 Å². The van der Waals surface area contributed by atoms with Crippen LogP contribution in [0.3, 0.4) is 0 Å². The van der Waals surface area contributed by atoms with Gasteiger partial charge in [-0.15, -0.1) is 11.3 Å². The van der Waals surface area contributed by atoms with Crippen molar-refractivity contribution in [1.82, 2.24) is 10.3 Å². The third-order valence-corrected chi connectivity index (χ3v) is 2.97. The standard InChI is InChI=1S/C9H17N3S/c1-7-4-5-9(13-7)8(11-10)6-12(2)3/h4-5,8,11H,6,10H2,1-3H3. The Labute approximate surface area is 83.5 Å².